The lowest BCUT2D eigenvalue weighted by Crippen LogP contribution is -2.15. The fourth-order valence-electron chi connectivity index (χ4n) is 1.40. The van der Waals surface area contributed by atoms with Crippen LogP contribution < -0.4 is 5.32 Å². The quantitative estimate of drug-likeness (QED) is 0.673. The van der Waals surface area contributed by atoms with Gasteiger partial charge in [-0.25, -0.2) is 4.98 Å². The van der Waals surface area contributed by atoms with E-state index in [4.69, 9.17) is 0 Å². The van der Waals surface area contributed by atoms with Crippen molar-refractivity contribution in [2.45, 2.75) is 33.2 Å². The molecule has 0 aliphatic rings. The van der Waals surface area contributed by atoms with Crippen molar-refractivity contribution in [3.63, 3.8) is 0 Å². The normalized spacial score (nSPS) is 10.6. The molecule has 0 aromatic carbocycles. The van der Waals surface area contributed by atoms with E-state index in [0.29, 0.717) is 0 Å². The minimum Gasteiger partial charge on any atom is -0.335 e. The predicted molar refractivity (Wildman–Crippen MR) is 54.8 cm³/mol. The molecule has 3 nitrogen and oxygen atoms in total. The molecule has 1 rings (SSSR count). The van der Waals surface area contributed by atoms with Gasteiger partial charge in [-0.3, -0.25) is 0 Å². The highest BCUT2D eigenvalue weighted by molar-refractivity contribution is 4.92. The van der Waals surface area contributed by atoms with Crippen LogP contribution in [0.1, 0.15) is 26.1 Å². The van der Waals surface area contributed by atoms with Crippen LogP contribution >= 0.6 is 0 Å². The Morgan fingerprint density at radius 1 is 1.46 bits per heavy atom. The SMILES string of the molecule is CCNCCCc1nccn1CC. The first-order valence-corrected chi connectivity index (χ1v) is 5.09. The van der Waals surface area contributed by atoms with Gasteiger partial charge in [0.25, 0.3) is 0 Å². The van der Waals surface area contributed by atoms with E-state index in [9.17, 15) is 0 Å². The molecule has 1 aromatic heterocycles. The number of aromatic nitrogens is 2. The lowest BCUT2D eigenvalue weighted by Gasteiger charge is -2.04. The smallest absolute Gasteiger partial charge is 0.108 e. The maximum atomic E-state index is 4.32. The highest BCUT2D eigenvalue weighted by Gasteiger charge is 1.99. The van der Waals surface area contributed by atoms with Crippen LogP contribution in [0.3, 0.4) is 0 Å². The molecule has 1 heterocycles. The third kappa shape index (κ3) is 3.19. The molecule has 74 valence electrons. The van der Waals surface area contributed by atoms with Crippen LogP contribution in [-0.2, 0) is 13.0 Å². The van der Waals surface area contributed by atoms with Crippen LogP contribution in [0.2, 0.25) is 0 Å². The second-order valence-corrected chi connectivity index (χ2v) is 3.09. The van der Waals surface area contributed by atoms with Crippen molar-refractivity contribution in [3.05, 3.63) is 18.2 Å². The molecule has 0 aliphatic carbocycles. The third-order valence-electron chi connectivity index (χ3n) is 2.15. The molecule has 1 aromatic rings. The summed E-state index contributed by atoms with van der Waals surface area (Å²) in [6, 6.07) is 0. The molecule has 1 N–H and O–H groups in total. The van der Waals surface area contributed by atoms with E-state index >= 15 is 0 Å². The average molecular weight is 181 g/mol. The van der Waals surface area contributed by atoms with E-state index < -0.39 is 0 Å². The zero-order valence-electron chi connectivity index (χ0n) is 8.58. The topological polar surface area (TPSA) is 29.9 Å². The van der Waals surface area contributed by atoms with Crippen molar-refractivity contribution >= 4 is 0 Å². The van der Waals surface area contributed by atoms with Crippen molar-refractivity contribution < 1.29 is 0 Å². The van der Waals surface area contributed by atoms with E-state index in [0.717, 1.165) is 26.1 Å². The van der Waals surface area contributed by atoms with E-state index in [1.807, 2.05) is 12.4 Å². The first kappa shape index (κ1) is 10.3. The largest absolute Gasteiger partial charge is 0.335 e. The number of rotatable bonds is 6. The Balaban J connectivity index is 2.27. The Hall–Kier alpha value is -0.830. The van der Waals surface area contributed by atoms with Gasteiger partial charge in [-0.2, -0.15) is 0 Å². The highest BCUT2D eigenvalue weighted by atomic mass is 15.0. The molecule has 0 saturated heterocycles. The maximum Gasteiger partial charge on any atom is 0.108 e. The van der Waals surface area contributed by atoms with Crippen molar-refractivity contribution in [2.75, 3.05) is 13.1 Å². The van der Waals surface area contributed by atoms with Crippen LogP contribution in [0, 0.1) is 0 Å². The van der Waals surface area contributed by atoms with Gasteiger partial charge in [0.2, 0.25) is 0 Å². The van der Waals surface area contributed by atoms with Gasteiger partial charge in [0.1, 0.15) is 5.82 Å². The number of nitrogens with zero attached hydrogens (tertiary/aromatic N) is 2. The summed E-state index contributed by atoms with van der Waals surface area (Å²) in [5.41, 5.74) is 0. The molecule has 0 spiro atoms. The van der Waals surface area contributed by atoms with E-state index in [-0.39, 0.29) is 0 Å². The van der Waals surface area contributed by atoms with Crippen molar-refractivity contribution in [2.24, 2.45) is 0 Å². The average Bonchev–Trinajstić information content (AvgIpc) is 2.60. The summed E-state index contributed by atoms with van der Waals surface area (Å²) < 4.78 is 2.20. The summed E-state index contributed by atoms with van der Waals surface area (Å²) in [7, 11) is 0. The van der Waals surface area contributed by atoms with Gasteiger partial charge in [0.05, 0.1) is 0 Å². The number of hydrogen-bond acceptors (Lipinski definition) is 2. The Bertz CT molecular complexity index is 230. The zero-order valence-corrected chi connectivity index (χ0v) is 8.58. The van der Waals surface area contributed by atoms with Crippen LogP contribution in [0.25, 0.3) is 0 Å². The van der Waals surface area contributed by atoms with Gasteiger partial charge in [0.15, 0.2) is 0 Å². The summed E-state index contributed by atoms with van der Waals surface area (Å²) in [6.45, 7) is 7.45. The first-order valence-electron chi connectivity index (χ1n) is 5.09. The molecule has 0 fully saturated rings. The standard InChI is InChI=1S/C10H19N3/c1-3-11-7-5-6-10-12-8-9-13(10)4-2/h8-9,11H,3-7H2,1-2H3. The molecule has 0 atom stereocenters. The molecule has 0 bridgehead atoms. The maximum absolute atomic E-state index is 4.32. The van der Waals surface area contributed by atoms with Crippen LogP contribution in [0.15, 0.2) is 12.4 Å². The van der Waals surface area contributed by atoms with Gasteiger partial charge >= 0.3 is 0 Å². The van der Waals surface area contributed by atoms with Crippen LogP contribution in [-0.4, -0.2) is 22.6 Å². The van der Waals surface area contributed by atoms with Crippen molar-refractivity contribution in [1.29, 1.82) is 0 Å². The lowest BCUT2D eigenvalue weighted by molar-refractivity contribution is 0.627. The first-order chi connectivity index (χ1) is 6.38. The van der Waals surface area contributed by atoms with Gasteiger partial charge in [0, 0.05) is 25.4 Å². The zero-order chi connectivity index (χ0) is 9.52. The highest BCUT2D eigenvalue weighted by Crippen LogP contribution is 2.00. The van der Waals surface area contributed by atoms with Crippen LogP contribution in [0.5, 0.6) is 0 Å². The Labute approximate surface area is 80.2 Å². The Kier molecular flexibility index (Phi) is 4.54. The number of imidazole rings is 1. The fourth-order valence-corrected chi connectivity index (χ4v) is 1.40. The fraction of sp³-hybridized carbons (Fsp3) is 0.700. The van der Waals surface area contributed by atoms with Crippen molar-refractivity contribution in [3.8, 4) is 0 Å². The summed E-state index contributed by atoms with van der Waals surface area (Å²) in [5.74, 6) is 1.21. The van der Waals surface area contributed by atoms with E-state index in [1.54, 1.807) is 0 Å². The van der Waals surface area contributed by atoms with Gasteiger partial charge in [-0.15, -0.1) is 0 Å². The summed E-state index contributed by atoms with van der Waals surface area (Å²) in [5, 5.41) is 3.31. The molecule has 0 amide bonds. The van der Waals surface area contributed by atoms with Crippen molar-refractivity contribution in [1.82, 2.24) is 14.9 Å². The molecule has 0 unspecified atom stereocenters. The number of aryl methyl sites for hydroxylation is 2. The molecular formula is C10H19N3. The number of hydrogen-bond donors (Lipinski definition) is 1. The summed E-state index contributed by atoms with van der Waals surface area (Å²) in [4.78, 5) is 4.32. The van der Waals surface area contributed by atoms with Crippen LogP contribution in [0.4, 0.5) is 0 Å². The second-order valence-electron chi connectivity index (χ2n) is 3.09. The van der Waals surface area contributed by atoms with E-state index in [2.05, 4.69) is 28.7 Å². The summed E-state index contributed by atoms with van der Waals surface area (Å²) >= 11 is 0. The molecular weight excluding hydrogens is 162 g/mol. The molecule has 3 heteroatoms. The molecule has 0 saturated carbocycles. The second kappa shape index (κ2) is 5.75. The Morgan fingerprint density at radius 3 is 3.00 bits per heavy atom. The predicted octanol–water partition coefficient (Wildman–Crippen LogP) is 1.45. The molecule has 13 heavy (non-hydrogen) atoms. The van der Waals surface area contributed by atoms with Gasteiger partial charge in [-0.05, 0) is 26.4 Å². The molecule has 0 radical (unpaired) electrons. The monoisotopic (exact) mass is 181 g/mol. The van der Waals surface area contributed by atoms with E-state index in [1.165, 1.54) is 12.2 Å². The lowest BCUT2D eigenvalue weighted by atomic mass is 10.3. The number of nitrogens with one attached hydrogen (secondary N) is 1. The minimum atomic E-state index is 1.02. The van der Waals surface area contributed by atoms with Gasteiger partial charge < -0.3 is 9.88 Å². The van der Waals surface area contributed by atoms with Gasteiger partial charge in [-0.1, -0.05) is 6.92 Å². The summed E-state index contributed by atoms with van der Waals surface area (Å²) in [6.07, 6.45) is 6.17. The third-order valence-corrected chi connectivity index (χ3v) is 2.15. The Morgan fingerprint density at radius 2 is 2.31 bits per heavy atom. The molecule has 0 aliphatic heterocycles. The minimum absolute atomic E-state index is 1.02.